The molecule has 0 amide bonds. The molecule has 4 rings (SSSR count). The smallest absolute Gasteiger partial charge is 0.191 e. The summed E-state index contributed by atoms with van der Waals surface area (Å²) in [6, 6.07) is 8.42. The molecule has 3 aromatic rings. The summed E-state index contributed by atoms with van der Waals surface area (Å²) in [5.74, 6) is 2.58. The molecule has 0 saturated heterocycles. The predicted molar refractivity (Wildman–Crippen MR) is 104 cm³/mol. The third-order valence-corrected chi connectivity index (χ3v) is 6.84. The first kappa shape index (κ1) is 16.8. The summed E-state index contributed by atoms with van der Waals surface area (Å²) < 4.78 is 2.18. The molecule has 25 heavy (non-hydrogen) atoms. The van der Waals surface area contributed by atoms with Crippen LogP contribution in [0.3, 0.4) is 0 Å². The van der Waals surface area contributed by atoms with Crippen molar-refractivity contribution in [1.82, 2.24) is 19.7 Å². The molecule has 0 radical (unpaired) electrons. The Balaban J connectivity index is 1.45. The van der Waals surface area contributed by atoms with Gasteiger partial charge in [-0.2, -0.15) is 0 Å². The zero-order chi connectivity index (χ0) is 17.2. The minimum Gasteiger partial charge on any atom is -0.309 e. The molecule has 1 aromatic carbocycles. The number of hydrogen-bond acceptors (Lipinski definition) is 5. The standard InChI is InChI=1S/C19H22N4S2/c1-13-7-3-6-10-16(13)18-20-15(11-24-18)12-25-19-22-21-17(23(19)2)14-8-4-5-9-14/h3,6-7,10-11,14H,4-5,8-9,12H2,1-2H3. The van der Waals surface area contributed by atoms with Crippen LogP contribution in [-0.4, -0.2) is 19.7 Å². The molecule has 0 N–H and O–H groups in total. The van der Waals surface area contributed by atoms with Gasteiger partial charge in [-0.3, -0.25) is 0 Å². The van der Waals surface area contributed by atoms with E-state index in [0.717, 1.165) is 27.4 Å². The highest BCUT2D eigenvalue weighted by atomic mass is 32.2. The van der Waals surface area contributed by atoms with Gasteiger partial charge in [0.25, 0.3) is 0 Å². The molecule has 1 fully saturated rings. The van der Waals surface area contributed by atoms with E-state index < -0.39 is 0 Å². The summed E-state index contributed by atoms with van der Waals surface area (Å²) in [7, 11) is 2.09. The number of benzene rings is 1. The van der Waals surface area contributed by atoms with Crippen LogP contribution in [0.15, 0.2) is 34.8 Å². The minimum absolute atomic E-state index is 0.596. The lowest BCUT2D eigenvalue weighted by Gasteiger charge is -2.08. The Hall–Kier alpha value is -1.66. The highest BCUT2D eigenvalue weighted by molar-refractivity contribution is 7.98. The van der Waals surface area contributed by atoms with E-state index in [4.69, 9.17) is 4.98 Å². The molecule has 4 nitrogen and oxygen atoms in total. The fraction of sp³-hybridized carbons (Fsp3) is 0.421. The Labute approximate surface area is 156 Å². The number of rotatable bonds is 5. The topological polar surface area (TPSA) is 43.6 Å². The van der Waals surface area contributed by atoms with Crippen molar-refractivity contribution < 1.29 is 0 Å². The molecule has 2 aromatic heterocycles. The maximum absolute atomic E-state index is 4.81. The van der Waals surface area contributed by atoms with Gasteiger partial charge >= 0.3 is 0 Å². The second-order valence-electron chi connectivity index (χ2n) is 6.63. The summed E-state index contributed by atoms with van der Waals surface area (Å²) in [5, 5.41) is 13.1. The van der Waals surface area contributed by atoms with Gasteiger partial charge in [0.2, 0.25) is 0 Å². The predicted octanol–water partition coefficient (Wildman–Crippen LogP) is 5.20. The quantitative estimate of drug-likeness (QED) is 0.579. The normalized spacial score (nSPS) is 15.1. The fourth-order valence-corrected chi connectivity index (χ4v) is 5.27. The molecular weight excluding hydrogens is 348 g/mol. The van der Waals surface area contributed by atoms with Crippen molar-refractivity contribution in [3.8, 4) is 10.6 Å². The molecule has 0 unspecified atom stereocenters. The molecule has 1 saturated carbocycles. The van der Waals surface area contributed by atoms with Gasteiger partial charge in [0.15, 0.2) is 5.16 Å². The van der Waals surface area contributed by atoms with Gasteiger partial charge in [0.05, 0.1) is 5.69 Å². The lowest BCUT2D eigenvalue weighted by Crippen LogP contribution is -2.03. The molecule has 130 valence electrons. The summed E-state index contributed by atoms with van der Waals surface area (Å²) in [6.07, 6.45) is 5.14. The Kier molecular flexibility index (Phi) is 4.90. The Morgan fingerprint density at radius 2 is 2.00 bits per heavy atom. The molecule has 0 aliphatic heterocycles. The van der Waals surface area contributed by atoms with Crippen LogP contribution in [0, 0.1) is 6.92 Å². The van der Waals surface area contributed by atoms with E-state index in [9.17, 15) is 0 Å². The van der Waals surface area contributed by atoms with Crippen molar-refractivity contribution in [2.24, 2.45) is 7.05 Å². The third kappa shape index (κ3) is 3.51. The molecule has 2 heterocycles. The van der Waals surface area contributed by atoms with Gasteiger partial charge in [-0.15, -0.1) is 21.5 Å². The van der Waals surface area contributed by atoms with Gasteiger partial charge in [0, 0.05) is 29.7 Å². The number of thiazole rings is 1. The van der Waals surface area contributed by atoms with Gasteiger partial charge < -0.3 is 4.57 Å². The van der Waals surface area contributed by atoms with E-state index in [1.165, 1.54) is 36.8 Å². The van der Waals surface area contributed by atoms with E-state index in [2.05, 4.69) is 58.4 Å². The number of thioether (sulfide) groups is 1. The van der Waals surface area contributed by atoms with Gasteiger partial charge in [0.1, 0.15) is 10.8 Å². The Bertz CT molecular complexity index is 862. The van der Waals surface area contributed by atoms with Gasteiger partial charge in [-0.1, -0.05) is 48.9 Å². The van der Waals surface area contributed by atoms with Crippen LogP contribution in [0.2, 0.25) is 0 Å². The number of hydrogen-bond donors (Lipinski definition) is 0. The van der Waals surface area contributed by atoms with Crippen molar-refractivity contribution in [2.45, 2.75) is 49.4 Å². The Morgan fingerprint density at radius 3 is 2.80 bits per heavy atom. The summed E-state index contributed by atoms with van der Waals surface area (Å²) in [5.41, 5.74) is 3.61. The van der Waals surface area contributed by atoms with E-state index in [-0.39, 0.29) is 0 Å². The highest BCUT2D eigenvalue weighted by Crippen LogP contribution is 2.34. The van der Waals surface area contributed by atoms with Crippen molar-refractivity contribution in [3.05, 3.63) is 46.7 Å². The number of aromatic nitrogens is 4. The van der Waals surface area contributed by atoms with Crippen molar-refractivity contribution in [3.63, 3.8) is 0 Å². The van der Waals surface area contributed by atoms with Crippen LogP contribution in [0.5, 0.6) is 0 Å². The summed E-state index contributed by atoms with van der Waals surface area (Å²) in [4.78, 5) is 4.81. The lowest BCUT2D eigenvalue weighted by atomic mass is 10.1. The molecule has 6 heteroatoms. The second-order valence-corrected chi connectivity index (χ2v) is 8.43. The average Bonchev–Trinajstić information content (AvgIpc) is 3.34. The largest absolute Gasteiger partial charge is 0.309 e. The minimum atomic E-state index is 0.596. The molecule has 0 atom stereocenters. The third-order valence-electron chi connectivity index (χ3n) is 4.87. The van der Waals surface area contributed by atoms with Crippen molar-refractivity contribution in [1.29, 1.82) is 0 Å². The van der Waals surface area contributed by atoms with Crippen LogP contribution >= 0.6 is 23.1 Å². The van der Waals surface area contributed by atoms with E-state index in [1.807, 2.05) is 0 Å². The Morgan fingerprint density at radius 1 is 1.20 bits per heavy atom. The zero-order valence-corrected chi connectivity index (χ0v) is 16.2. The monoisotopic (exact) mass is 370 g/mol. The SMILES string of the molecule is Cc1ccccc1-c1nc(CSc2nnc(C3CCCC3)n2C)cs1. The maximum Gasteiger partial charge on any atom is 0.191 e. The molecular formula is C19H22N4S2. The lowest BCUT2D eigenvalue weighted by molar-refractivity contribution is 0.616. The first-order valence-electron chi connectivity index (χ1n) is 8.75. The second kappa shape index (κ2) is 7.30. The molecule has 1 aliphatic rings. The fourth-order valence-electron chi connectivity index (χ4n) is 3.44. The first-order chi connectivity index (χ1) is 12.2. The summed E-state index contributed by atoms with van der Waals surface area (Å²) in [6.45, 7) is 2.13. The summed E-state index contributed by atoms with van der Waals surface area (Å²) >= 11 is 3.44. The van der Waals surface area contributed by atoms with Crippen LogP contribution in [0.4, 0.5) is 0 Å². The van der Waals surface area contributed by atoms with Crippen molar-refractivity contribution >= 4 is 23.1 Å². The number of aryl methyl sites for hydroxylation is 1. The van der Waals surface area contributed by atoms with Gasteiger partial charge in [-0.25, -0.2) is 4.98 Å². The van der Waals surface area contributed by atoms with Crippen LogP contribution < -0.4 is 0 Å². The van der Waals surface area contributed by atoms with Crippen LogP contribution in [0.25, 0.3) is 10.6 Å². The van der Waals surface area contributed by atoms with Crippen LogP contribution in [-0.2, 0) is 12.8 Å². The highest BCUT2D eigenvalue weighted by Gasteiger charge is 2.23. The van der Waals surface area contributed by atoms with E-state index in [0.29, 0.717) is 5.92 Å². The van der Waals surface area contributed by atoms with Crippen LogP contribution in [0.1, 0.15) is 48.7 Å². The van der Waals surface area contributed by atoms with Crippen molar-refractivity contribution in [2.75, 3.05) is 0 Å². The van der Waals surface area contributed by atoms with Gasteiger partial charge in [-0.05, 0) is 25.3 Å². The van der Waals surface area contributed by atoms with E-state index >= 15 is 0 Å². The zero-order valence-electron chi connectivity index (χ0n) is 14.6. The maximum atomic E-state index is 4.81. The number of nitrogens with zero attached hydrogens (tertiary/aromatic N) is 4. The molecule has 1 aliphatic carbocycles. The molecule has 0 spiro atoms. The first-order valence-corrected chi connectivity index (χ1v) is 10.6. The molecule has 0 bridgehead atoms. The average molecular weight is 371 g/mol. The van der Waals surface area contributed by atoms with E-state index in [1.54, 1.807) is 23.1 Å².